The van der Waals surface area contributed by atoms with Crippen molar-refractivity contribution < 1.29 is 13.2 Å². The van der Waals surface area contributed by atoms with Crippen molar-refractivity contribution in [3.63, 3.8) is 0 Å². The summed E-state index contributed by atoms with van der Waals surface area (Å²) in [7, 11) is -3.67. The number of sulfonamides is 1. The van der Waals surface area contributed by atoms with Crippen LogP contribution in [-0.4, -0.2) is 20.9 Å². The Morgan fingerprint density at radius 1 is 1.12 bits per heavy atom. The van der Waals surface area contributed by atoms with Gasteiger partial charge in [-0.2, -0.15) is 0 Å². The molecule has 0 aliphatic carbocycles. The van der Waals surface area contributed by atoms with Gasteiger partial charge in [-0.05, 0) is 55.3 Å². The van der Waals surface area contributed by atoms with E-state index in [0.717, 1.165) is 22.1 Å². The van der Waals surface area contributed by atoms with E-state index in [9.17, 15) is 13.2 Å². The smallest absolute Gasteiger partial charge is 0.261 e. The third-order valence-electron chi connectivity index (χ3n) is 3.96. The fraction of sp³-hybridized carbons (Fsp3) is 0.235. The van der Waals surface area contributed by atoms with Crippen molar-refractivity contribution in [1.29, 1.82) is 0 Å². The second-order valence-corrected chi connectivity index (χ2v) is 8.25. The summed E-state index contributed by atoms with van der Waals surface area (Å²) in [5.41, 5.74) is 2.25. The van der Waals surface area contributed by atoms with Crippen molar-refractivity contribution in [2.24, 2.45) is 0 Å². The van der Waals surface area contributed by atoms with Gasteiger partial charge in [-0.25, -0.2) is 8.42 Å². The highest BCUT2D eigenvalue weighted by Crippen LogP contribution is 2.25. The van der Waals surface area contributed by atoms with E-state index in [1.54, 1.807) is 29.2 Å². The first-order valence-corrected chi connectivity index (χ1v) is 9.84. The van der Waals surface area contributed by atoms with Gasteiger partial charge in [0.25, 0.3) is 10.0 Å². The summed E-state index contributed by atoms with van der Waals surface area (Å²) >= 11 is 3.39. The summed E-state index contributed by atoms with van der Waals surface area (Å²) < 4.78 is 28.4. The summed E-state index contributed by atoms with van der Waals surface area (Å²) in [5, 5.41) is 0. The molecule has 0 bridgehead atoms. The third kappa shape index (κ3) is 3.47. The third-order valence-corrected chi connectivity index (χ3v) is 6.21. The standard InChI is InChI=1S/C17H17BrN2O3S/c1-12-4-5-13(11-16(12)18)19-24(22,23)15-8-6-14(7-9-15)20-10-2-3-17(20)21/h4-9,11,19H,2-3,10H2,1H3. The molecule has 24 heavy (non-hydrogen) atoms. The number of carbonyl (C=O) groups excluding carboxylic acids is 1. The monoisotopic (exact) mass is 408 g/mol. The zero-order valence-electron chi connectivity index (χ0n) is 13.1. The molecule has 1 amide bonds. The molecule has 1 aliphatic heterocycles. The van der Waals surface area contributed by atoms with Crippen LogP contribution in [0.1, 0.15) is 18.4 Å². The first-order valence-electron chi connectivity index (χ1n) is 7.56. The highest BCUT2D eigenvalue weighted by Gasteiger charge is 2.22. The van der Waals surface area contributed by atoms with E-state index in [2.05, 4.69) is 20.7 Å². The fourth-order valence-electron chi connectivity index (χ4n) is 2.60. The molecule has 126 valence electrons. The number of anilines is 2. The molecule has 2 aromatic carbocycles. The molecule has 1 saturated heterocycles. The van der Waals surface area contributed by atoms with Crippen LogP contribution in [0.25, 0.3) is 0 Å². The summed E-state index contributed by atoms with van der Waals surface area (Å²) in [5.74, 6) is 0.0771. The Kier molecular flexibility index (Phi) is 4.64. The molecule has 1 aliphatic rings. The number of halogens is 1. The molecule has 1 N–H and O–H groups in total. The number of hydrogen-bond acceptors (Lipinski definition) is 3. The van der Waals surface area contributed by atoms with Gasteiger partial charge in [-0.15, -0.1) is 0 Å². The van der Waals surface area contributed by atoms with Crippen LogP contribution in [0.4, 0.5) is 11.4 Å². The highest BCUT2D eigenvalue weighted by atomic mass is 79.9. The molecule has 0 spiro atoms. The van der Waals surface area contributed by atoms with Gasteiger partial charge in [0.1, 0.15) is 0 Å². The van der Waals surface area contributed by atoms with Crippen molar-refractivity contribution in [2.45, 2.75) is 24.7 Å². The van der Waals surface area contributed by atoms with Gasteiger partial charge in [0.05, 0.1) is 4.90 Å². The average Bonchev–Trinajstić information content (AvgIpc) is 2.97. The van der Waals surface area contributed by atoms with E-state index < -0.39 is 10.0 Å². The van der Waals surface area contributed by atoms with Crippen LogP contribution in [0.3, 0.4) is 0 Å². The van der Waals surface area contributed by atoms with Gasteiger partial charge < -0.3 is 4.90 Å². The predicted octanol–water partition coefficient (Wildman–Crippen LogP) is 3.69. The SMILES string of the molecule is Cc1ccc(NS(=O)(=O)c2ccc(N3CCCC3=O)cc2)cc1Br. The molecule has 0 saturated carbocycles. The summed E-state index contributed by atoms with van der Waals surface area (Å²) in [6.45, 7) is 2.61. The van der Waals surface area contributed by atoms with Gasteiger partial charge >= 0.3 is 0 Å². The molecule has 0 aromatic heterocycles. The van der Waals surface area contributed by atoms with Gasteiger partial charge in [0.15, 0.2) is 0 Å². The van der Waals surface area contributed by atoms with Crippen molar-refractivity contribution in [3.8, 4) is 0 Å². The number of amides is 1. The molecule has 5 nitrogen and oxygen atoms in total. The Labute approximate surface area is 149 Å². The molecule has 0 radical (unpaired) electrons. The molecule has 3 rings (SSSR count). The molecule has 0 atom stereocenters. The quantitative estimate of drug-likeness (QED) is 0.838. The highest BCUT2D eigenvalue weighted by molar-refractivity contribution is 9.10. The van der Waals surface area contributed by atoms with E-state index in [0.29, 0.717) is 18.7 Å². The molecule has 1 heterocycles. The number of rotatable bonds is 4. The van der Waals surface area contributed by atoms with Gasteiger partial charge in [-0.1, -0.05) is 22.0 Å². The molecule has 1 fully saturated rings. The van der Waals surface area contributed by atoms with Crippen molar-refractivity contribution in [3.05, 3.63) is 52.5 Å². The molecular weight excluding hydrogens is 392 g/mol. The lowest BCUT2D eigenvalue weighted by atomic mass is 10.2. The van der Waals surface area contributed by atoms with Crippen molar-refractivity contribution in [1.82, 2.24) is 0 Å². The van der Waals surface area contributed by atoms with Gasteiger partial charge in [0.2, 0.25) is 5.91 Å². The number of aryl methyl sites for hydroxylation is 1. The van der Waals surface area contributed by atoms with E-state index >= 15 is 0 Å². The number of nitrogens with one attached hydrogen (secondary N) is 1. The van der Waals surface area contributed by atoms with Crippen LogP contribution in [0.5, 0.6) is 0 Å². The Hall–Kier alpha value is -1.86. The lowest BCUT2D eigenvalue weighted by molar-refractivity contribution is -0.117. The lowest BCUT2D eigenvalue weighted by Crippen LogP contribution is -2.23. The minimum Gasteiger partial charge on any atom is -0.312 e. The molecular formula is C17H17BrN2O3S. The normalized spacial score (nSPS) is 14.9. The van der Waals surface area contributed by atoms with E-state index in [1.165, 1.54) is 12.1 Å². The summed E-state index contributed by atoms with van der Waals surface area (Å²) in [6, 6.07) is 11.7. The topological polar surface area (TPSA) is 66.5 Å². The van der Waals surface area contributed by atoms with E-state index in [4.69, 9.17) is 0 Å². The maximum Gasteiger partial charge on any atom is 0.261 e. The van der Waals surface area contributed by atoms with Crippen LogP contribution in [0.2, 0.25) is 0 Å². The van der Waals surface area contributed by atoms with Gasteiger partial charge in [-0.3, -0.25) is 9.52 Å². The summed E-state index contributed by atoms with van der Waals surface area (Å²) in [4.78, 5) is 13.6. The second-order valence-electron chi connectivity index (χ2n) is 5.71. The van der Waals surface area contributed by atoms with E-state index in [1.807, 2.05) is 13.0 Å². The predicted molar refractivity (Wildman–Crippen MR) is 97.7 cm³/mol. The van der Waals surface area contributed by atoms with E-state index in [-0.39, 0.29) is 10.8 Å². The molecule has 0 unspecified atom stereocenters. The first kappa shape index (κ1) is 17.0. The number of carbonyl (C=O) groups is 1. The number of nitrogens with zero attached hydrogens (tertiary/aromatic N) is 1. The zero-order chi connectivity index (χ0) is 17.3. The fourth-order valence-corrected chi connectivity index (χ4v) is 4.03. The van der Waals surface area contributed by atoms with Crippen molar-refractivity contribution >= 4 is 43.2 Å². The Morgan fingerprint density at radius 3 is 2.42 bits per heavy atom. The maximum absolute atomic E-state index is 12.5. The van der Waals surface area contributed by atoms with Crippen LogP contribution in [-0.2, 0) is 14.8 Å². The van der Waals surface area contributed by atoms with Crippen LogP contribution in [0, 0.1) is 6.92 Å². The Bertz CT molecular complexity index is 879. The largest absolute Gasteiger partial charge is 0.312 e. The lowest BCUT2D eigenvalue weighted by Gasteiger charge is -2.16. The first-order chi connectivity index (χ1) is 11.4. The van der Waals surface area contributed by atoms with Crippen LogP contribution < -0.4 is 9.62 Å². The minimum absolute atomic E-state index is 0.0771. The number of benzene rings is 2. The van der Waals surface area contributed by atoms with Crippen LogP contribution >= 0.6 is 15.9 Å². The Morgan fingerprint density at radius 2 is 1.83 bits per heavy atom. The molecule has 7 heteroatoms. The average molecular weight is 409 g/mol. The summed E-state index contributed by atoms with van der Waals surface area (Å²) in [6.07, 6.45) is 1.38. The number of hydrogen-bond donors (Lipinski definition) is 1. The van der Waals surface area contributed by atoms with Gasteiger partial charge in [0, 0.05) is 28.8 Å². The van der Waals surface area contributed by atoms with Crippen LogP contribution in [0.15, 0.2) is 51.8 Å². The molecule has 2 aromatic rings. The van der Waals surface area contributed by atoms with Crippen molar-refractivity contribution in [2.75, 3.05) is 16.2 Å². The minimum atomic E-state index is -3.67. The maximum atomic E-state index is 12.5. The zero-order valence-corrected chi connectivity index (χ0v) is 15.5. The Balaban J connectivity index is 1.81. The second kappa shape index (κ2) is 6.57.